The van der Waals surface area contributed by atoms with Gasteiger partial charge in [0.15, 0.2) is 0 Å². The van der Waals surface area contributed by atoms with Crippen molar-refractivity contribution in [3.8, 4) is 0 Å². The first-order chi connectivity index (χ1) is 13.2. The van der Waals surface area contributed by atoms with Crippen LogP contribution in [0.1, 0.15) is 21.5 Å². The van der Waals surface area contributed by atoms with Gasteiger partial charge in [0, 0.05) is 30.5 Å². The Morgan fingerprint density at radius 2 is 1.67 bits per heavy atom. The average molecular weight is 380 g/mol. The smallest absolute Gasteiger partial charge is 0.252 e. The van der Waals surface area contributed by atoms with Crippen LogP contribution in [0.2, 0.25) is 5.02 Å². The van der Waals surface area contributed by atoms with Crippen molar-refractivity contribution >= 4 is 23.2 Å². The molecule has 4 nitrogen and oxygen atoms in total. The molecular weight excluding hydrogens is 358 g/mol. The zero-order chi connectivity index (χ0) is 18.9. The molecule has 0 bridgehead atoms. The van der Waals surface area contributed by atoms with Crippen molar-refractivity contribution in [1.29, 1.82) is 0 Å². The van der Waals surface area contributed by atoms with Crippen molar-refractivity contribution in [3.05, 3.63) is 94.8 Å². The molecule has 2 N–H and O–H groups in total. The third kappa shape index (κ3) is 6.12. The Morgan fingerprint density at radius 1 is 0.889 bits per heavy atom. The van der Waals surface area contributed by atoms with Crippen LogP contribution in [0.25, 0.3) is 0 Å². The second kappa shape index (κ2) is 9.74. The largest absolute Gasteiger partial charge is 0.383 e. The highest BCUT2D eigenvalue weighted by Gasteiger charge is 2.06. The number of anilines is 1. The number of hydrogen-bond donors (Lipinski definition) is 2. The lowest BCUT2D eigenvalue weighted by Crippen LogP contribution is -2.25. The number of hydrogen-bond acceptors (Lipinski definition) is 3. The summed E-state index contributed by atoms with van der Waals surface area (Å²) in [5, 5.41) is 6.98. The number of nitrogens with one attached hydrogen (secondary N) is 2. The molecule has 0 aliphatic heterocycles. The molecule has 0 saturated heterocycles. The number of rotatable bonds is 8. The molecule has 138 valence electrons. The topological polar surface area (TPSA) is 54.0 Å². The second-order valence-electron chi connectivity index (χ2n) is 6.26. The summed E-state index contributed by atoms with van der Waals surface area (Å²) in [5.74, 6) is -0.114. The Bertz CT molecular complexity index is 883. The van der Waals surface area contributed by atoms with Gasteiger partial charge < -0.3 is 10.6 Å². The molecule has 3 rings (SSSR count). The standard InChI is InChI=1S/C22H22ClN3O/c23-20-8-4-7-18(13-20)10-11-25-21-14-19(15-24-16-21)22(27)26-12-9-17-5-2-1-3-6-17/h1-8,13-16,25H,9-12H2,(H,26,27). The lowest BCUT2D eigenvalue weighted by Gasteiger charge is -2.09. The Hall–Kier alpha value is -2.85. The molecule has 1 aromatic heterocycles. The highest BCUT2D eigenvalue weighted by atomic mass is 35.5. The van der Waals surface area contributed by atoms with Crippen molar-refractivity contribution in [2.24, 2.45) is 0 Å². The van der Waals surface area contributed by atoms with Crippen LogP contribution < -0.4 is 10.6 Å². The molecule has 1 amide bonds. The molecule has 3 aromatic rings. The maximum Gasteiger partial charge on any atom is 0.252 e. The number of halogens is 1. The van der Waals surface area contributed by atoms with Crippen LogP contribution in [0, 0.1) is 0 Å². The summed E-state index contributed by atoms with van der Waals surface area (Å²) in [6.45, 7) is 1.33. The molecule has 0 fully saturated rings. The van der Waals surface area contributed by atoms with E-state index in [9.17, 15) is 4.79 Å². The number of pyridine rings is 1. The third-order valence-corrected chi connectivity index (χ3v) is 4.41. The molecule has 0 atom stereocenters. The average Bonchev–Trinajstić information content (AvgIpc) is 2.69. The highest BCUT2D eigenvalue weighted by molar-refractivity contribution is 6.30. The molecule has 0 aliphatic rings. The molecular formula is C22H22ClN3O. The van der Waals surface area contributed by atoms with E-state index in [2.05, 4.69) is 27.8 Å². The number of carbonyl (C=O) groups is 1. The minimum Gasteiger partial charge on any atom is -0.383 e. The van der Waals surface area contributed by atoms with Gasteiger partial charge in [-0.25, -0.2) is 0 Å². The first kappa shape index (κ1) is 18.9. The normalized spacial score (nSPS) is 10.4. The van der Waals surface area contributed by atoms with Gasteiger partial charge in [-0.15, -0.1) is 0 Å². The van der Waals surface area contributed by atoms with E-state index in [0.717, 1.165) is 35.7 Å². The van der Waals surface area contributed by atoms with Crippen molar-refractivity contribution < 1.29 is 4.79 Å². The molecule has 0 saturated carbocycles. The summed E-state index contributed by atoms with van der Waals surface area (Å²) in [6, 6.07) is 19.7. The van der Waals surface area contributed by atoms with Gasteiger partial charge in [0.2, 0.25) is 0 Å². The summed E-state index contributed by atoms with van der Waals surface area (Å²) in [5.41, 5.74) is 3.74. The van der Waals surface area contributed by atoms with Gasteiger partial charge in [0.1, 0.15) is 0 Å². The van der Waals surface area contributed by atoms with Gasteiger partial charge in [-0.05, 0) is 42.2 Å². The van der Waals surface area contributed by atoms with Gasteiger partial charge in [-0.1, -0.05) is 54.1 Å². The van der Waals surface area contributed by atoms with Gasteiger partial charge >= 0.3 is 0 Å². The Kier molecular flexibility index (Phi) is 6.83. The lowest BCUT2D eigenvalue weighted by molar-refractivity contribution is 0.0954. The van der Waals surface area contributed by atoms with Crippen LogP contribution in [0.15, 0.2) is 73.1 Å². The third-order valence-electron chi connectivity index (χ3n) is 4.17. The van der Waals surface area contributed by atoms with E-state index >= 15 is 0 Å². The van der Waals surface area contributed by atoms with E-state index in [1.807, 2.05) is 48.5 Å². The molecule has 27 heavy (non-hydrogen) atoms. The summed E-state index contributed by atoms with van der Waals surface area (Å²) in [7, 11) is 0. The Morgan fingerprint density at radius 3 is 2.48 bits per heavy atom. The fourth-order valence-electron chi connectivity index (χ4n) is 2.77. The number of amides is 1. The van der Waals surface area contributed by atoms with Crippen LogP contribution in [0.5, 0.6) is 0 Å². The zero-order valence-corrected chi connectivity index (χ0v) is 15.7. The Balaban J connectivity index is 1.48. The summed E-state index contributed by atoms with van der Waals surface area (Å²) in [4.78, 5) is 16.5. The predicted octanol–water partition coefficient (Wildman–Crippen LogP) is 4.36. The maximum atomic E-state index is 12.3. The number of nitrogens with zero attached hydrogens (tertiary/aromatic N) is 1. The van der Waals surface area contributed by atoms with Gasteiger partial charge in [0.05, 0.1) is 11.3 Å². The van der Waals surface area contributed by atoms with Crippen molar-refractivity contribution in [3.63, 3.8) is 0 Å². The molecule has 2 aromatic carbocycles. The van der Waals surface area contributed by atoms with Gasteiger partial charge in [0.25, 0.3) is 5.91 Å². The fraction of sp³-hybridized carbons (Fsp3) is 0.182. The quantitative estimate of drug-likeness (QED) is 0.611. The van der Waals surface area contributed by atoms with E-state index in [-0.39, 0.29) is 5.91 Å². The monoisotopic (exact) mass is 379 g/mol. The zero-order valence-electron chi connectivity index (χ0n) is 15.0. The van der Waals surface area contributed by atoms with E-state index in [0.29, 0.717) is 12.1 Å². The summed E-state index contributed by atoms with van der Waals surface area (Å²) >= 11 is 6.00. The van der Waals surface area contributed by atoms with Crippen LogP contribution in [0.4, 0.5) is 5.69 Å². The Labute approximate surface area is 164 Å². The number of benzene rings is 2. The van der Waals surface area contributed by atoms with Crippen LogP contribution in [-0.2, 0) is 12.8 Å². The predicted molar refractivity (Wildman–Crippen MR) is 110 cm³/mol. The van der Waals surface area contributed by atoms with Crippen molar-refractivity contribution in [1.82, 2.24) is 10.3 Å². The second-order valence-corrected chi connectivity index (χ2v) is 6.70. The van der Waals surface area contributed by atoms with Crippen LogP contribution in [-0.4, -0.2) is 24.0 Å². The molecule has 0 radical (unpaired) electrons. The van der Waals surface area contributed by atoms with E-state index < -0.39 is 0 Å². The minimum atomic E-state index is -0.114. The van der Waals surface area contributed by atoms with Gasteiger partial charge in [-0.2, -0.15) is 0 Å². The number of carbonyl (C=O) groups excluding carboxylic acids is 1. The maximum absolute atomic E-state index is 12.3. The van der Waals surface area contributed by atoms with E-state index in [4.69, 9.17) is 11.6 Å². The molecule has 0 aliphatic carbocycles. The van der Waals surface area contributed by atoms with Crippen molar-refractivity contribution in [2.45, 2.75) is 12.8 Å². The molecule has 1 heterocycles. The first-order valence-electron chi connectivity index (χ1n) is 8.96. The van der Waals surface area contributed by atoms with Crippen LogP contribution >= 0.6 is 11.6 Å². The molecule has 5 heteroatoms. The van der Waals surface area contributed by atoms with E-state index in [1.165, 1.54) is 5.56 Å². The highest BCUT2D eigenvalue weighted by Crippen LogP contribution is 2.12. The van der Waals surface area contributed by atoms with Gasteiger partial charge in [-0.3, -0.25) is 9.78 Å². The lowest BCUT2D eigenvalue weighted by atomic mass is 10.1. The first-order valence-corrected chi connectivity index (χ1v) is 9.34. The van der Waals surface area contributed by atoms with Crippen LogP contribution in [0.3, 0.4) is 0 Å². The SMILES string of the molecule is O=C(NCCc1ccccc1)c1cncc(NCCc2cccc(Cl)c2)c1. The van der Waals surface area contributed by atoms with E-state index in [1.54, 1.807) is 12.4 Å². The number of aromatic nitrogens is 1. The molecule has 0 spiro atoms. The minimum absolute atomic E-state index is 0.114. The fourth-order valence-corrected chi connectivity index (χ4v) is 2.98. The summed E-state index contributed by atoms with van der Waals surface area (Å²) < 4.78 is 0. The van der Waals surface area contributed by atoms with Crippen molar-refractivity contribution in [2.75, 3.05) is 18.4 Å². The molecule has 0 unspecified atom stereocenters. The summed E-state index contributed by atoms with van der Waals surface area (Å²) in [6.07, 6.45) is 4.95.